The van der Waals surface area contributed by atoms with Gasteiger partial charge in [-0.3, -0.25) is 9.69 Å². The third-order valence-electron chi connectivity index (χ3n) is 6.27. The second kappa shape index (κ2) is 6.74. The van der Waals surface area contributed by atoms with Crippen LogP contribution in [0.3, 0.4) is 0 Å². The van der Waals surface area contributed by atoms with Gasteiger partial charge in [-0.25, -0.2) is 0 Å². The molecule has 0 aliphatic carbocycles. The Labute approximate surface area is 154 Å². The van der Waals surface area contributed by atoms with E-state index in [1.165, 1.54) is 31.2 Å². The first-order chi connectivity index (χ1) is 12.8. The van der Waals surface area contributed by atoms with E-state index in [2.05, 4.69) is 15.9 Å². The molecule has 4 aliphatic heterocycles. The van der Waals surface area contributed by atoms with Crippen LogP contribution in [0.15, 0.2) is 12.1 Å². The van der Waals surface area contributed by atoms with E-state index in [1.54, 1.807) is 0 Å². The highest BCUT2D eigenvalue weighted by Gasteiger charge is 2.35. The highest BCUT2D eigenvalue weighted by atomic mass is 16.7. The smallest absolute Gasteiger partial charge is 0.231 e. The maximum absolute atomic E-state index is 13.2. The van der Waals surface area contributed by atoms with Crippen molar-refractivity contribution in [2.45, 2.75) is 44.7 Å². The monoisotopic (exact) mass is 357 g/mol. The van der Waals surface area contributed by atoms with E-state index < -0.39 is 0 Å². The standard InChI is InChI=1S/C20H27N3O3/c24-20(5-9-21-6-1-2-7-21)23-13-16-4-3-8-22(16)12-15-10-18-19(11-17(15)23)26-14-25-18/h10-11,16H,1-9,12-14H2. The summed E-state index contributed by atoms with van der Waals surface area (Å²) in [5.41, 5.74) is 2.21. The van der Waals surface area contributed by atoms with Gasteiger partial charge in [-0.05, 0) is 56.9 Å². The van der Waals surface area contributed by atoms with Crippen LogP contribution in [0.1, 0.15) is 37.7 Å². The number of carbonyl (C=O) groups is 1. The summed E-state index contributed by atoms with van der Waals surface area (Å²) in [6.07, 6.45) is 5.53. The normalized spacial score (nSPS) is 25.2. The molecule has 0 saturated carbocycles. The Bertz CT molecular complexity index is 702. The highest BCUT2D eigenvalue weighted by Crippen LogP contribution is 2.41. The largest absolute Gasteiger partial charge is 0.454 e. The number of hydrogen-bond donors (Lipinski definition) is 0. The lowest BCUT2D eigenvalue weighted by Crippen LogP contribution is -2.41. The third-order valence-corrected chi connectivity index (χ3v) is 6.27. The van der Waals surface area contributed by atoms with Crippen LogP contribution in [0, 0.1) is 0 Å². The Hall–Kier alpha value is -1.79. The Morgan fingerprint density at radius 2 is 1.88 bits per heavy atom. The van der Waals surface area contributed by atoms with Gasteiger partial charge in [0, 0.05) is 38.2 Å². The van der Waals surface area contributed by atoms with Crippen LogP contribution in [-0.4, -0.2) is 61.3 Å². The van der Waals surface area contributed by atoms with Crippen LogP contribution in [0.25, 0.3) is 0 Å². The van der Waals surface area contributed by atoms with Gasteiger partial charge in [-0.15, -0.1) is 0 Å². The third kappa shape index (κ3) is 2.95. The molecule has 4 heterocycles. The van der Waals surface area contributed by atoms with Crippen molar-refractivity contribution in [3.05, 3.63) is 17.7 Å². The topological polar surface area (TPSA) is 45.3 Å². The van der Waals surface area contributed by atoms with Gasteiger partial charge in [-0.1, -0.05) is 0 Å². The Balaban J connectivity index is 1.42. The quantitative estimate of drug-likeness (QED) is 0.830. The lowest BCUT2D eigenvalue weighted by molar-refractivity contribution is -0.119. The lowest BCUT2D eigenvalue weighted by atomic mass is 10.1. The fourth-order valence-electron chi connectivity index (χ4n) is 4.82. The van der Waals surface area contributed by atoms with E-state index in [-0.39, 0.29) is 12.7 Å². The summed E-state index contributed by atoms with van der Waals surface area (Å²) >= 11 is 0. The summed E-state index contributed by atoms with van der Waals surface area (Å²) in [5.74, 6) is 1.82. The molecule has 1 aromatic carbocycles. The molecule has 0 spiro atoms. The average Bonchev–Trinajstić information content (AvgIpc) is 3.38. The maximum atomic E-state index is 13.2. The van der Waals surface area contributed by atoms with Crippen molar-refractivity contribution in [2.75, 3.05) is 44.4 Å². The molecular formula is C20H27N3O3. The van der Waals surface area contributed by atoms with Gasteiger partial charge >= 0.3 is 0 Å². The number of rotatable bonds is 3. The Morgan fingerprint density at radius 3 is 2.73 bits per heavy atom. The van der Waals surface area contributed by atoms with Crippen LogP contribution in [0.4, 0.5) is 5.69 Å². The van der Waals surface area contributed by atoms with Crippen LogP contribution < -0.4 is 14.4 Å². The minimum atomic E-state index is 0.241. The number of hydrogen-bond acceptors (Lipinski definition) is 5. The molecule has 1 aromatic rings. The first-order valence-corrected chi connectivity index (χ1v) is 9.97. The predicted molar refractivity (Wildman–Crippen MR) is 98.6 cm³/mol. The maximum Gasteiger partial charge on any atom is 0.231 e. The van der Waals surface area contributed by atoms with Crippen LogP contribution in [-0.2, 0) is 11.3 Å². The van der Waals surface area contributed by atoms with Crippen molar-refractivity contribution in [2.24, 2.45) is 0 Å². The molecular weight excluding hydrogens is 330 g/mol. The van der Waals surface area contributed by atoms with Crippen LogP contribution in [0.2, 0.25) is 0 Å². The number of benzene rings is 1. The second-order valence-electron chi connectivity index (χ2n) is 7.90. The number of likely N-dealkylation sites (tertiary alicyclic amines) is 1. The van der Waals surface area contributed by atoms with E-state index in [4.69, 9.17) is 9.47 Å². The zero-order chi connectivity index (χ0) is 17.5. The van der Waals surface area contributed by atoms with Crippen molar-refractivity contribution in [3.8, 4) is 11.5 Å². The molecule has 0 bridgehead atoms. The van der Waals surface area contributed by atoms with Crippen LogP contribution in [0.5, 0.6) is 11.5 Å². The summed E-state index contributed by atoms with van der Waals surface area (Å²) in [6.45, 7) is 6.24. The summed E-state index contributed by atoms with van der Waals surface area (Å²) in [4.78, 5) is 20.1. The summed E-state index contributed by atoms with van der Waals surface area (Å²) in [5, 5.41) is 0. The lowest BCUT2D eigenvalue weighted by Gasteiger charge is -2.27. The number of nitrogens with zero attached hydrogens (tertiary/aromatic N) is 3. The van der Waals surface area contributed by atoms with Crippen molar-refractivity contribution >= 4 is 11.6 Å². The molecule has 140 valence electrons. The predicted octanol–water partition coefficient (Wildman–Crippen LogP) is 2.21. The molecule has 5 rings (SSSR count). The van der Waals surface area contributed by atoms with E-state index in [9.17, 15) is 4.79 Å². The van der Waals surface area contributed by atoms with Gasteiger partial charge in [0.2, 0.25) is 12.7 Å². The minimum Gasteiger partial charge on any atom is -0.454 e. The van der Waals surface area contributed by atoms with Crippen LogP contribution >= 0.6 is 0 Å². The van der Waals surface area contributed by atoms with E-state index in [0.29, 0.717) is 12.5 Å². The zero-order valence-electron chi connectivity index (χ0n) is 15.3. The SMILES string of the molecule is O=C(CCN1CCCC1)N1CC2CCCN2Cc2cc3c(cc21)OCO3. The molecule has 0 N–H and O–H groups in total. The van der Waals surface area contributed by atoms with Gasteiger partial charge in [0.05, 0.1) is 5.69 Å². The first-order valence-electron chi connectivity index (χ1n) is 9.97. The van der Waals surface area contributed by atoms with Gasteiger partial charge < -0.3 is 19.3 Å². The minimum absolute atomic E-state index is 0.241. The van der Waals surface area contributed by atoms with Crippen molar-refractivity contribution < 1.29 is 14.3 Å². The van der Waals surface area contributed by atoms with Gasteiger partial charge in [0.1, 0.15) is 0 Å². The highest BCUT2D eigenvalue weighted by molar-refractivity contribution is 5.95. The van der Waals surface area contributed by atoms with E-state index in [1.807, 2.05) is 11.0 Å². The van der Waals surface area contributed by atoms with E-state index >= 15 is 0 Å². The number of fused-ring (bicyclic) bond motifs is 3. The average molecular weight is 357 g/mol. The van der Waals surface area contributed by atoms with Gasteiger partial charge in [0.25, 0.3) is 0 Å². The fraction of sp³-hybridized carbons (Fsp3) is 0.650. The number of amides is 1. The van der Waals surface area contributed by atoms with Gasteiger partial charge in [-0.2, -0.15) is 0 Å². The van der Waals surface area contributed by atoms with Crippen molar-refractivity contribution in [1.29, 1.82) is 0 Å². The molecule has 2 saturated heterocycles. The molecule has 6 nitrogen and oxygen atoms in total. The number of anilines is 1. The number of ether oxygens (including phenoxy) is 2. The molecule has 0 radical (unpaired) electrons. The molecule has 26 heavy (non-hydrogen) atoms. The number of carbonyl (C=O) groups excluding carboxylic acids is 1. The summed E-state index contributed by atoms with van der Waals surface area (Å²) < 4.78 is 11.2. The fourth-order valence-corrected chi connectivity index (χ4v) is 4.82. The van der Waals surface area contributed by atoms with Crippen molar-refractivity contribution in [1.82, 2.24) is 9.80 Å². The molecule has 1 atom stereocenters. The summed E-state index contributed by atoms with van der Waals surface area (Å²) in [7, 11) is 0. The zero-order valence-corrected chi connectivity index (χ0v) is 15.3. The molecule has 1 amide bonds. The second-order valence-corrected chi connectivity index (χ2v) is 7.90. The molecule has 6 heteroatoms. The summed E-state index contributed by atoms with van der Waals surface area (Å²) in [6, 6.07) is 4.57. The van der Waals surface area contributed by atoms with Crippen molar-refractivity contribution in [3.63, 3.8) is 0 Å². The Morgan fingerprint density at radius 1 is 1.08 bits per heavy atom. The molecule has 4 aliphatic rings. The van der Waals surface area contributed by atoms with Gasteiger partial charge in [0.15, 0.2) is 11.5 Å². The van der Waals surface area contributed by atoms with E-state index in [0.717, 1.165) is 56.5 Å². The molecule has 2 fully saturated rings. The Kier molecular flexibility index (Phi) is 4.25. The molecule has 0 aromatic heterocycles. The first kappa shape index (κ1) is 16.4. The molecule has 1 unspecified atom stereocenters.